The van der Waals surface area contributed by atoms with E-state index in [1.54, 1.807) is 0 Å². The highest BCUT2D eigenvalue weighted by molar-refractivity contribution is 9.10. The summed E-state index contributed by atoms with van der Waals surface area (Å²) >= 11 is 3.44. The van der Waals surface area contributed by atoms with Crippen molar-refractivity contribution in [2.45, 2.75) is 46.2 Å². The molecule has 1 fully saturated rings. The minimum absolute atomic E-state index is 0.0344. The van der Waals surface area contributed by atoms with Crippen molar-refractivity contribution in [1.29, 1.82) is 0 Å². The van der Waals surface area contributed by atoms with Crippen molar-refractivity contribution in [3.8, 4) is 11.4 Å². The van der Waals surface area contributed by atoms with E-state index in [0.717, 1.165) is 36.0 Å². The summed E-state index contributed by atoms with van der Waals surface area (Å²) in [5.41, 5.74) is 3.35. The predicted octanol–water partition coefficient (Wildman–Crippen LogP) is 5.53. The molecule has 1 unspecified atom stereocenters. The summed E-state index contributed by atoms with van der Waals surface area (Å²) in [6.07, 6.45) is 1.66. The van der Waals surface area contributed by atoms with Gasteiger partial charge in [-0.3, -0.25) is 9.69 Å². The molecule has 0 spiro atoms. The number of aromatic nitrogens is 2. The first-order valence-electron chi connectivity index (χ1n) is 11.6. The number of aryl methyl sites for hydroxylation is 1. The molecule has 4 rings (SSSR count). The lowest BCUT2D eigenvalue weighted by Crippen LogP contribution is -2.42. The third-order valence-electron chi connectivity index (χ3n) is 6.38. The Bertz CT molecular complexity index is 1070. The molecule has 0 bridgehead atoms. The number of halogens is 1. The van der Waals surface area contributed by atoms with Gasteiger partial charge in [0.15, 0.2) is 0 Å². The van der Waals surface area contributed by atoms with Gasteiger partial charge in [0.05, 0.1) is 12.6 Å². The van der Waals surface area contributed by atoms with E-state index in [0.29, 0.717) is 24.2 Å². The first kappa shape index (κ1) is 23.6. The van der Waals surface area contributed by atoms with E-state index in [2.05, 4.69) is 69.2 Å². The maximum Gasteiger partial charge on any atom is 0.241 e. The number of rotatable bonds is 7. The SMILES string of the molecule is Cc1ccccc1C(NC(=O)C1CCN(Cc2nc(-c3ccc(Br)cc3)no2)CC1)C(C)C. The minimum atomic E-state index is 0.0344. The quantitative estimate of drug-likeness (QED) is 0.452. The normalized spacial score (nSPS) is 16.2. The molecule has 33 heavy (non-hydrogen) atoms. The van der Waals surface area contributed by atoms with Gasteiger partial charge in [-0.25, -0.2) is 0 Å². The number of nitrogens with one attached hydrogen (secondary N) is 1. The highest BCUT2D eigenvalue weighted by Gasteiger charge is 2.29. The number of benzene rings is 2. The molecule has 2 heterocycles. The molecule has 174 valence electrons. The summed E-state index contributed by atoms with van der Waals surface area (Å²) in [6.45, 7) is 8.71. The molecule has 1 aliphatic heterocycles. The zero-order valence-electron chi connectivity index (χ0n) is 19.4. The van der Waals surface area contributed by atoms with Gasteiger partial charge in [0.25, 0.3) is 0 Å². The summed E-state index contributed by atoms with van der Waals surface area (Å²) in [7, 11) is 0. The molecule has 1 amide bonds. The number of nitrogens with zero attached hydrogens (tertiary/aromatic N) is 3. The maximum atomic E-state index is 13.1. The average molecular weight is 511 g/mol. The van der Waals surface area contributed by atoms with Gasteiger partial charge in [0, 0.05) is 16.0 Å². The maximum absolute atomic E-state index is 13.1. The van der Waals surface area contributed by atoms with Crippen LogP contribution in [0.4, 0.5) is 0 Å². The molecule has 3 aromatic rings. The number of hydrogen-bond acceptors (Lipinski definition) is 5. The van der Waals surface area contributed by atoms with E-state index in [1.807, 2.05) is 36.4 Å². The van der Waals surface area contributed by atoms with Crippen molar-refractivity contribution in [3.63, 3.8) is 0 Å². The lowest BCUT2D eigenvalue weighted by atomic mass is 9.90. The molecule has 6 nitrogen and oxygen atoms in total. The molecular weight excluding hydrogens is 480 g/mol. The first-order valence-corrected chi connectivity index (χ1v) is 12.4. The van der Waals surface area contributed by atoms with Crippen molar-refractivity contribution >= 4 is 21.8 Å². The fourth-order valence-corrected chi connectivity index (χ4v) is 4.65. The molecule has 1 aliphatic rings. The van der Waals surface area contributed by atoms with Crippen LogP contribution < -0.4 is 5.32 Å². The average Bonchev–Trinajstić information content (AvgIpc) is 3.27. The van der Waals surface area contributed by atoms with Crippen LogP contribution in [0.25, 0.3) is 11.4 Å². The smallest absolute Gasteiger partial charge is 0.241 e. The number of likely N-dealkylation sites (tertiary alicyclic amines) is 1. The van der Waals surface area contributed by atoms with Gasteiger partial charge >= 0.3 is 0 Å². The first-order chi connectivity index (χ1) is 15.9. The van der Waals surface area contributed by atoms with E-state index in [1.165, 1.54) is 11.1 Å². The van der Waals surface area contributed by atoms with Gasteiger partial charge in [-0.15, -0.1) is 0 Å². The number of piperidine rings is 1. The fourth-order valence-electron chi connectivity index (χ4n) is 4.39. The lowest BCUT2D eigenvalue weighted by molar-refractivity contribution is -0.127. The second kappa shape index (κ2) is 10.6. The lowest BCUT2D eigenvalue weighted by Gasteiger charge is -2.32. The van der Waals surface area contributed by atoms with Crippen molar-refractivity contribution < 1.29 is 9.32 Å². The fraction of sp³-hybridized carbons (Fsp3) is 0.423. The Morgan fingerprint density at radius 2 is 1.85 bits per heavy atom. The Hall–Kier alpha value is -2.51. The van der Waals surface area contributed by atoms with Crippen molar-refractivity contribution in [2.75, 3.05) is 13.1 Å². The molecular formula is C26H31BrN4O2. The van der Waals surface area contributed by atoms with E-state index >= 15 is 0 Å². The van der Waals surface area contributed by atoms with Gasteiger partial charge in [-0.05, 0) is 74.2 Å². The third kappa shape index (κ3) is 5.89. The zero-order valence-corrected chi connectivity index (χ0v) is 21.0. The molecule has 0 saturated carbocycles. The summed E-state index contributed by atoms with van der Waals surface area (Å²) in [6, 6.07) is 16.2. The van der Waals surface area contributed by atoms with Crippen molar-refractivity contribution in [3.05, 3.63) is 70.0 Å². The standard InChI is InChI=1S/C26H31BrN4O2/c1-17(2)24(22-7-5-4-6-18(22)3)29-26(32)20-12-14-31(15-13-20)16-23-28-25(30-33-23)19-8-10-21(27)11-9-19/h4-11,17,20,24H,12-16H2,1-3H3,(H,29,32). The van der Waals surface area contributed by atoms with Crippen LogP contribution in [-0.4, -0.2) is 34.0 Å². The topological polar surface area (TPSA) is 71.3 Å². The molecule has 2 aromatic carbocycles. The summed E-state index contributed by atoms with van der Waals surface area (Å²) in [4.78, 5) is 19.9. The van der Waals surface area contributed by atoms with E-state index in [-0.39, 0.29) is 17.9 Å². The molecule has 0 aliphatic carbocycles. The summed E-state index contributed by atoms with van der Waals surface area (Å²) in [5.74, 6) is 1.73. The Morgan fingerprint density at radius 3 is 2.52 bits per heavy atom. The van der Waals surface area contributed by atoms with Gasteiger partial charge in [-0.1, -0.05) is 59.2 Å². The molecule has 0 radical (unpaired) electrons. The Kier molecular flexibility index (Phi) is 7.60. The second-order valence-electron chi connectivity index (χ2n) is 9.16. The highest BCUT2D eigenvalue weighted by Crippen LogP contribution is 2.27. The van der Waals surface area contributed by atoms with E-state index < -0.39 is 0 Å². The molecule has 7 heteroatoms. The van der Waals surface area contributed by atoms with Crippen molar-refractivity contribution in [1.82, 2.24) is 20.4 Å². The van der Waals surface area contributed by atoms with Gasteiger partial charge in [-0.2, -0.15) is 4.98 Å². The number of amides is 1. The van der Waals surface area contributed by atoms with Crippen LogP contribution in [0.5, 0.6) is 0 Å². The minimum Gasteiger partial charge on any atom is -0.349 e. The monoisotopic (exact) mass is 510 g/mol. The van der Waals surface area contributed by atoms with Crippen molar-refractivity contribution in [2.24, 2.45) is 11.8 Å². The molecule has 1 saturated heterocycles. The van der Waals surface area contributed by atoms with Gasteiger partial charge < -0.3 is 9.84 Å². The summed E-state index contributed by atoms with van der Waals surface area (Å²) < 4.78 is 6.49. The van der Waals surface area contributed by atoms with E-state index in [9.17, 15) is 4.79 Å². The van der Waals surface area contributed by atoms with Crippen LogP contribution in [0.15, 0.2) is 57.5 Å². The largest absolute Gasteiger partial charge is 0.349 e. The van der Waals surface area contributed by atoms with Crippen LogP contribution in [0.3, 0.4) is 0 Å². The highest BCUT2D eigenvalue weighted by atomic mass is 79.9. The van der Waals surface area contributed by atoms with Crippen LogP contribution in [0.1, 0.15) is 49.7 Å². The molecule has 1 N–H and O–H groups in total. The predicted molar refractivity (Wildman–Crippen MR) is 132 cm³/mol. The van der Waals surface area contributed by atoms with Crippen LogP contribution >= 0.6 is 15.9 Å². The second-order valence-corrected chi connectivity index (χ2v) is 10.1. The Labute approximate surface area is 203 Å². The Balaban J connectivity index is 1.31. The number of carbonyl (C=O) groups excluding carboxylic acids is 1. The zero-order chi connectivity index (χ0) is 23.4. The van der Waals surface area contributed by atoms with E-state index in [4.69, 9.17) is 4.52 Å². The van der Waals surface area contributed by atoms with Crippen LogP contribution in [0.2, 0.25) is 0 Å². The Morgan fingerprint density at radius 1 is 1.15 bits per heavy atom. The molecule has 1 aromatic heterocycles. The van der Waals surface area contributed by atoms with Gasteiger partial charge in [0.2, 0.25) is 17.6 Å². The van der Waals surface area contributed by atoms with Crippen LogP contribution in [-0.2, 0) is 11.3 Å². The number of carbonyl (C=O) groups is 1. The summed E-state index contributed by atoms with van der Waals surface area (Å²) in [5, 5.41) is 7.45. The molecule has 1 atom stereocenters. The number of hydrogen-bond donors (Lipinski definition) is 1. The third-order valence-corrected chi connectivity index (χ3v) is 6.90. The van der Waals surface area contributed by atoms with Gasteiger partial charge in [0.1, 0.15) is 0 Å². The van der Waals surface area contributed by atoms with Crippen LogP contribution in [0, 0.1) is 18.8 Å².